The first-order valence-electron chi connectivity index (χ1n) is 20.6. The Labute approximate surface area is 355 Å². The van der Waals surface area contributed by atoms with Crippen LogP contribution in [0.2, 0.25) is 5.02 Å². The van der Waals surface area contributed by atoms with Gasteiger partial charge in [0.15, 0.2) is 5.82 Å². The van der Waals surface area contributed by atoms with Crippen LogP contribution in [-0.2, 0) is 19.6 Å². The van der Waals surface area contributed by atoms with Gasteiger partial charge < -0.3 is 9.80 Å². The Kier molecular flexibility index (Phi) is 12.2. The number of imide groups is 1. The lowest BCUT2D eigenvalue weighted by molar-refractivity contribution is -0.134. The Bertz CT molecular complexity index is 2440. The summed E-state index contributed by atoms with van der Waals surface area (Å²) < 4.78 is 46.2. The Morgan fingerprint density at radius 1 is 0.900 bits per heavy atom. The molecular weight excluding hydrogens is 805 g/mol. The molecule has 8 rings (SSSR count). The highest BCUT2D eigenvalue weighted by Crippen LogP contribution is 2.38. The number of rotatable bonds is 12. The summed E-state index contributed by atoms with van der Waals surface area (Å²) in [5, 5.41) is 6.78. The minimum Gasteiger partial charge on any atom is -0.369 e. The van der Waals surface area contributed by atoms with Crippen LogP contribution in [0.3, 0.4) is 0 Å². The van der Waals surface area contributed by atoms with Crippen LogP contribution in [0, 0.1) is 11.7 Å². The zero-order valence-corrected chi connectivity index (χ0v) is 35.3. The fraction of sp³-hybridized carbons (Fsp3) is 0.386. The SMILES string of the molecule is CCC(C)S(=O)(=O)Nc1cc(Cl)cc(-c2cn(-c3ccc(N4CCN(CC5CCN(c6ccc([C@H]7CCC(=O)NC7=O)cn6)CC5)CC4)cc3)nc2-c2ccncc2)c1F. The quantitative estimate of drug-likeness (QED) is 0.127. The van der Waals surface area contributed by atoms with E-state index in [0.717, 1.165) is 87.0 Å². The van der Waals surface area contributed by atoms with Crippen molar-refractivity contribution in [2.75, 3.05) is 60.3 Å². The molecule has 0 aliphatic carbocycles. The van der Waals surface area contributed by atoms with Crippen molar-refractivity contribution < 1.29 is 22.4 Å². The molecule has 3 fully saturated rings. The number of halogens is 2. The largest absolute Gasteiger partial charge is 0.369 e. The lowest BCUT2D eigenvalue weighted by Gasteiger charge is -2.40. The summed E-state index contributed by atoms with van der Waals surface area (Å²) in [5.74, 6) is 0.0344. The third kappa shape index (κ3) is 9.03. The van der Waals surface area contributed by atoms with E-state index in [4.69, 9.17) is 16.7 Å². The molecule has 0 spiro atoms. The summed E-state index contributed by atoms with van der Waals surface area (Å²) in [6.45, 7) is 10.1. The predicted octanol–water partition coefficient (Wildman–Crippen LogP) is 6.89. The molecule has 6 heterocycles. The van der Waals surface area contributed by atoms with Gasteiger partial charge in [-0.25, -0.2) is 22.5 Å². The van der Waals surface area contributed by atoms with Gasteiger partial charge in [-0.05, 0) is 98.7 Å². The van der Waals surface area contributed by atoms with Crippen LogP contribution >= 0.6 is 11.6 Å². The normalized spacial score (nSPS) is 18.7. The molecule has 0 bridgehead atoms. The monoisotopic (exact) mass is 853 g/mol. The van der Waals surface area contributed by atoms with E-state index in [-0.39, 0.29) is 34.0 Å². The Morgan fingerprint density at radius 3 is 2.28 bits per heavy atom. The van der Waals surface area contributed by atoms with Crippen molar-refractivity contribution in [3.05, 3.63) is 102 Å². The van der Waals surface area contributed by atoms with Crippen molar-refractivity contribution in [2.45, 2.75) is 57.1 Å². The summed E-state index contributed by atoms with van der Waals surface area (Å²) >= 11 is 6.48. The maximum absolute atomic E-state index is 16.3. The van der Waals surface area contributed by atoms with Crippen molar-refractivity contribution in [3.8, 4) is 28.1 Å². The van der Waals surface area contributed by atoms with E-state index in [1.807, 2.05) is 24.3 Å². The highest BCUT2D eigenvalue weighted by Gasteiger charge is 2.30. The van der Waals surface area contributed by atoms with Gasteiger partial charge in [0.05, 0.1) is 22.5 Å². The summed E-state index contributed by atoms with van der Waals surface area (Å²) in [7, 11) is -3.84. The molecule has 5 aromatic rings. The van der Waals surface area contributed by atoms with E-state index in [0.29, 0.717) is 36.4 Å². The number of nitrogens with one attached hydrogen (secondary N) is 2. The van der Waals surface area contributed by atoms with Gasteiger partial charge in [0.2, 0.25) is 21.8 Å². The lowest BCUT2D eigenvalue weighted by Crippen LogP contribution is -2.49. The number of aromatic nitrogens is 4. The topological polar surface area (TPSA) is 146 Å². The molecule has 0 radical (unpaired) electrons. The molecule has 3 aromatic heterocycles. The minimum atomic E-state index is -3.84. The molecule has 2 amide bonds. The molecule has 2 N–H and O–H groups in total. The molecule has 3 saturated heterocycles. The molecule has 16 heteroatoms. The number of hydrogen-bond donors (Lipinski definition) is 2. The molecule has 60 heavy (non-hydrogen) atoms. The number of benzene rings is 2. The second kappa shape index (κ2) is 17.7. The average molecular weight is 854 g/mol. The smallest absolute Gasteiger partial charge is 0.235 e. The van der Waals surface area contributed by atoms with Crippen LogP contribution in [0.4, 0.5) is 21.6 Å². The second-order valence-electron chi connectivity index (χ2n) is 15.9. The summed E-state index contributed by atoms with van der Waals surface area (Å²) in [6, 6.07) is 18.5. The van der Waals surface area contributed by atoms with Crippen molar-refractivity contribution in [2.24, 2.45) is 5.92 Å². The maximum Gasteiger partial charge on any atom is 0.235 e. The van der Waals surface area contributed by atoms with Gasteiger partial charge in [-0.2, -0.15) is 5.10 Å². The zero-order chi connectivity index (χ0) is 42.0. The first kappa shape index (κ1) is 41.4. The summed E-state index contributed by atoms with van der Waals surface area (Å²) in [4.78, 5) is 39.9. The Hall–Kier alpha value is -5.38. The van der Waals surface area contributed by atoms with E-state index >= 15 is 4.39 Å². The van der Waals surface area contributed by atoms with Crippen LogP contribution in [0.15, 0.2) is 85.5 Å². The van der Waals surface area contributed by atoms with E-state index in [1.165, 1.54) is 12.1 Å². The van der Waals surface area contributed by atoms with Gasteiger partial charge >= 0.3 is 0 Å². The van der Waals surface area contributed by atoms with Crippen molar-refractivity contribution in [3.63, 3.8) is 0 Å². The second-order valence-corrected chi connectivity index (χ2v) is 18.5. The first-order chi connectivity index (χ1) is 28.9. The van der Waals surface area contributed by atoms with Crippen molar-refractivity contribution >= 4 is 50.6 Å². The number of anilines is 3. The van der Waals surface area contributed by atoms with Gasteiger partial charge in [-0.1, -0.05) is 24.6 Å². The Morgan fingerprint density at radius 2 is 1.62 bits per heavy atom. The number of pyridine rings is 2. The molecule has 3 aliphatic heterocycles. The molecule has 0 saturated carbocycles. The predicted molar refractivity (Wildman–Crippen MR) is 232 cm³/mol. The van der Waals surface area contributed by atoms with Crippen LogP contribution in [0.1, 0.15) is 57.4 Å². The number of piperidine rings is 2. The van der Waals surface area contributed by atoms with Gasteiger partial charge in [0, 0.05) is 104 Å². The first-order valence-corrected chi connectivity index (χ1v) is 22.5. The van der Waals surface area contributed by atoms with Gasteiger partial charge in [0.1, 0.15) is 11.5 Å². The fourth-order valence-corrected chi connectivity index (χ4v) is 9.59. The highest BCUT2D eigenvalue weighted by atomic mass is 35.5. The van der Waals surface area contributed by atoms with Crippen LogP contribution in [-0.4, -0.2) is 95.9 Å². The molecule has 3 aliphatic rings. The van der Waals surface area contributed by atoms with E-state index in [2.05, 4.69) is 46.8 Å². The zero-order valence-electron chi connectivity index (χ0n) is 33.7. The van der Waals surface area contributed by atoms with E-state index in [1.54, 1.807) is 55.4 Å². The molecule has 13 nitrogen and oxygen atoms in total. The number of amides is 2. The molecule has 314 valence electrons. The maximum atomic E-state index is 16.3. The lowest BCUT2D eigenvalue weighted by atomic mass is 9.91. The van der Waals surface area contributed by atoms with E-state index < -0.39 is 21.1 Å². The molecule has 2 atom stereocenters. The standard InChI is InChI=1S/C44H49ClFN9O4S/c1-3-29(2)60(58,59)51-39-25-33(45)24-37(42(39)46)38-28-55(50-43(38)31-12-16-47-17-13-31)35-7-5-34(6-8-35)53-22-20-52(21-23-53)27-30-14-18-54(19-15-30)40-10-4-32(26-48-40)36-9-11-41(56)49-44(36)57/h4-8,10,12-13,16-17,24-26,28-30,36,51H,3,9,11,14-15,18-23,27H2,1-2H3,(H,49,56,57)/t29?,36-/m1/s1. The summed E-state index contributed by atoms with van der Waals surface area (Å²) in [5.41, 5.74) is 4.33. The van der Waals surface area contributed by atoms with Crippen LogP contribution < -0.4 is 19.8 Å². The number of nitrogens with zero attached hydrogens (tertiary/aromatic N) is 7. The van der Waals surface area contributed by atoms with Crippen LogP contribution in [0.25, 0.3) is 28.1 Å². The number of piperazine rings is 1. The minimum absolute atomic E-state index is 0.123. The summed E-state index contributed by atoms with van der Waals surface area (Å²) in [6.07, 6.45) is 10.2. The van der Waals surface area contributed by atoms with Gasteiger partial charge in [0.25, 0.3) is 0 Å². The molecule has 1 unspecified atom stereocenters. The van der Waals surface area contributed by atoms with Crippen LogP contribution in [0.5, 0.6) is 0 Å². The van der Waals surface area contributed by atoms with Gasteiger partial charge in [-0.3, -0.25) is 29.5 Å². The molecular formula is C44H49ClFN9O4S. The third-order valence-electron chi connectivity index (χ3n) is 12.1. The fourth-order valence-electron chi connectivity index (χ4n) is 8.28. The average Bonchev–Trinajstić information content (AvgIpc) is 3.71. The van der Waals surface area contributed by atoms with Crippen molar-refractivity contribution in [1.82, 2.24) is 30.0 Å². The van der Waals surface area contributed by atoms with Gasteiger partial charge in [-0.15, -0.1) is 0 Å². The number of sulfonamides is 1. The number of carbonyl (C=O) groups excluding carboxylic acids is 2. The molecule has 2 aromatic carbocycles. The van der Waals surface area contributed by atoms with E-state index in [9.17, 15) is 18.0 Å². The third-order valence-corrected chi connectivity index (χ3v) is 14.2. The number of carbonyl (C=O) groups is 2. The highest BCUT2D eigenvalue weighted by molar-refractivity contribution is 7.93. The van der Waals surface area contributed by atoms with Crippen molar-refractivity contribution in [1.29, 1.82) is 0 Å². The Balaban J connectivity index is 0.889. The number of hydrogen-bond acceptors (Lipinski definition) is 10.